The lowest BCUT2D eigenvalue weighted by atomic mass is 9.98. The maximum atomic E-state index is 13.1. The summed E-state index contributed by atoms with van der Waals surface area (Å²) in [7, 11) is 0. The molecule has 0 amide bonds. The van der Waals surface area contributed by atoms with Crippen LogP contribution in [0, 0.1) is 0 Å². The minimum atomic E-state index is -1.95. The Balaban J connectivity index is 2.79. The Kier molecular flexibility index (Phi) is 46.8. The van der Waals surface area contributed by atoms with E-state index in [-0.39, 0.29) is 25.9 Å². The Hall–Kier alpha value is -5.14. The number of aliphatic hydroxyl groups excluding tert-OH is 2. The van der Waals surface area contributed by atoms with Gasteiger partial charge in [0, 0.05) is 12.8 Å². The molecule has 0 bridgehead atoms. The number of ether oxygens (including phenoxy) is 5. The summed E-state index contributed by atoms with van der Waals surface area (Å²) in [4.78, 5) is 51.0. The second-order valence-electron chi connectivity index (χ2n) is 19.2. The molecule has 6 unspecified atom stereocenters. The molecule has 1 heterocycles. The van der Waals surface area contributed by atoms with E-state index >= 15 is 0 Å². The van der Waals surface area contributed by atoms with Crippen molar-refractivity contribution in [2.24, 2.45) is 0 Å². The SMILES string of the molecule is CC/C=C\C/C=C\C/C=C\C/C=C\C/C=C\C/C=C\CCC(=O)OC1C(OCC(COC(=O)C/C=C\C/C=C\C/C=C\C/C=C\C/C=C\CC)OC(=O)CCCCCCCCCCCCCCC)OC(C(=O)O)C(O)C1O. The van der Waals surface area contributed by atoms with Gasteiger partial charge in [0.2, 0.25) is 0 Å². The Morgan fingerprint density at radius 1 is 0.455 bits per heavy atom. The molecule has 1 saturated heterocycles. The predicted octanol–water partition coefficient (Wildman–Crippen LogP) is 15.0. The molecule has 0 aliphatic carbocycles. The fourth-order valence-corrected chi connectivity index (χ4v) is 7.88. The summed E-state index contributed by atoms with van der Waals surface area (Å²) in [5.41, 5.74) is 0. The summed E-state index contributed by atoms with van der Waals surface area (Å²) in [5, 5.41) is 31.4. The van der Waals surface area contributed by atoms with Crippen molar-refractivity contribution < 1.29 is 58.2 Å². The lowest BCUT2D eigenvalue weighted by molar-refractivity contribution is -0.301. The van der Waals surface area contributed by atoms with Crippen LogP contribution in [-0.4, -0.2) is 89.2 Å². The number of aliphatic carboxylic acids is 1. The van der Waals surface area contributed by atoms with Gasteiger partial charge in [-0.2, -0.15) is 0 Å². The number of allylic oxidation sites excluding steroid dienone is 21. The van der Waals surface area contributed by atoms with Crippen LogP contribution >= 0.6 is 0 Å². The van der Waals surface area contributed by atoms with Gasteiger partial charge in [-0.3, -0.25) is 14.4 Å². The normalized spacial score (nSPS) is 19.0. The van der Waals surface area contributed by atoms with Gasteiger partial charge in [0.05, 0.1) is 13.0 Å². The Bertz CT molecular complexity index is 1850. The van der Waals surface area contributed by atoms with Crippen LogP contribution in [0.25, 0.3) is 0 Å². The first-order valence-corrected chi connectivity index (χ1v) is 29.2. The molecule has 3 N–H and O–H groups in total. The third-order valence-electron chi connectivity index (χ3n) is 12.3. The first kappa shape index (κ1) is 69.9. The Labute approximate surface area is 464 Å². The lowest BCUT2D eigenvalue weighted by Gasteiger charge is -2.40. The zero-order valence-corrected chi connectivity index (χ0v) is 47.4. The van der Waals surface area contributed by atoms with Gasteiger partial charge >= 0.3 is 23.9 Å². The summed E-state index contributed by atoms with van der Waals surface area (Å²) in [5.74, 6) is -3.41. The minimum Gasteiger partial charge on any atom is -0.479 e. The van der Waals surface area contributed by atoms with E-state index in [1.165, 1.54) is 57.8 Å². The molecule has 0 saturated carbocycles. The van der Waals surface area contributed by atoms with Gasteiger partial charge in [0.1, 0.15) is 18.8 Å². The van der Waals surface area contributed by atoms with Crippen molar-refractivity contribution >= 4 is 23.9 Å². The van der Waals surface area contributed by atoms with Crippen LogP contribution < -0.4 is 0 Å². The molecule has 1 rings (SSSR count). The molecular weight excluding hydrogens is 973 g/mol. The van der Waals surface area contributed by atoms with Gasteiger partial charge in [-0.15, -0.1) is 0 Å². The smallest absolute Gasteiger partial charge is 0.335 e. The van der Waals surface area contributed by atoms with E-state index in [2.05, 4.69) is 118 Å². The molecule has 1 aliphatic heterocycles. The zero-order chi connectivity index (χ0) is 56.1. The quantitative estimate of drug-likeness (QED) is 0.0228. The van der Waals surface area contributed by atoms with Gasteiger partial charge < -0.3 is 39.0 Å². The van der Waals surface area contributed by atoms with Gasteiger partial charge in [-0.1, -0.05) is 231 Å². The van der Waals surface area contributed by atoms with Crippen molar-refractivity contribution in [1.29, 1.82) is 0 Å². The zero-order valence-electron chi connectivity index (χ0n) is 47.4. The Morgan fingerprint density at radius 3 is 1.29 bits per heavy atom. The van der Waals surface area contributed by atoms with E-state index in [4.69, 9.17) is 23.7 Å². The topological polar surface area (TPSA) is 175 Å². The maximum Gasteiger partial charge on any atom is 0.335 e. The first-order chi connectivity index (χ1) is 37.6. The highest BCUT2D eigenvalue weighted by Crippen LogP contribution is 2.26. The predicted molar refractivity (Wildman–Crippen MR) is 312 cm³/mol. The standard InChI is InChI=1S/C65H100O12/c1-4-7-10-13-16-19-22-25-27-28-29-30-32-35-38-41-44-47-50-53-59(68)76-63-61(70)60(69)62(64(71)72)77-65(63)74-55-56(75-58(67)52-49-46-43-40-37-33-24-21-18-15-12-9-6-3)54-73-57(66)51-48-45-42-39-36-34-31-26-23-20-17-14-11-8-5-2/h7-8,10-11,16-17,19-20,25-27,29-31,35-36,38-39,44-45,47-48,56,60-63,65,69-70H,4-6,9,12-15,18,21-24,28,32-34,37,40-43,46,49-55H2,1-3H3,(H,71,72)/b10-7-,11-8-,19-16-,20-17-,27-25-,30-29-,31-26-,38-35-,39-36-,47-44-,48-45-. The minimum absolute atomic E-state index is 0.0271. The summed E-state index contributed by atoms with van der Waals surface area (Å²) < 4.78 is 28.2. The third kappa shape index (κ3) is 41.6. The van der Waals surface area contributed by atoms with Crippen molar-refractivity contribution in [3.63, 3.8) is 0 Å². The van der Waals surface area contributed by atoms with Gasteiger partial charge in [0.15, 0.2) is 24.6 Å². The van der Waals surface area contributed by atoms with E-state index in [0.29, 0.717) is 25.7 Å². The van der Waals surface area contributed by atoms with Crippen LogP contribution in [0.5, 0.6) is 0 Å². The summed E-state index contributed by atoms with van der Waals surface area (Å²) >= 11 is 0. The fraction of sp³-hybridized carbons (Fsp3) is 0.600. The van der Waals surface area contributed by atoms with Crippen LogP contribution in [0.2, 0.25) is 0 Å². The van der Waals surface area contributed by atoms with Crippen LogP contribution in [0.15, 0.2) is 134 Å². The van der Waals surface area contributed by atoms with Crippen LogP contribution in [-0.2, 0) is 42.9 Å². The molecule has 432 valence electrons. The average Bonchev–Trinajstić information content (AvgIpc) is 3.42. The van der Waals surface area contributed by atoms with E-state index in [9.17, 15) is 34.5 Å². The molecule has 0 aromatic rings. The first-order valence-electron chi connectivity index (χ1n) is 29.2. The number of carboxylic acids is 1. The highest BCUT2D eigenvalue weighted by molar-refractivity contribution is 5.74. The van der Waals surface area contributed by atoms with Gasteiger partial charge in [-0.25, -0.2) is 4.79 Å². The summed E-state index contributed by atoms with van der Waals surface area (Å²) in [6, 6.07) is 0. The number of esters is 3. The van der Waals surface area contributed by atoms with E-state index in [1.54, 1.807) is 6.08 Å². The van der Waals surface area contributed by atoms with E-state index in [0.717, 1.165) is 77.0 Å². The van der Waals surface area contributed by atoms with Crippen molar-refractivity contribution in [2.75, 3.05) is 13.2 Å². The molecule has 12 nitrogen and oxygen atoms in total. The molecule has 6 atom stereocenters. The molecule has 0 radical (unpaired) electrons. The lowest BCUT2D eigenvalue weighted by Crippen LogP contribution is -2.61. The van der Waals surface area contributed by atoms with Crippen LogP contribution in [0.4, 0.5) is 0 Å². The van der Waals surface area contributed by atoms with Gasteiger partial charge in [0.25, 0.3) is 0 Å². The number of carboxylic acid groups (broad SMARTS) is 1. The Morgan fingerprint density at radius 2 is 0.857 bits per heavy atom. The fourth-order valence-electron chi connectivity index (χ4n) is 7.88. The summed E-state index contributed by atoms with van der Waals surface area (Å²) in [6.07, 6.45) is 60.3. The molecule has 1 fully saturated rings. The second-order valence-corrected chi connectivity index (χ2v) is 19.2. The monoisotopic (exact) mass is 1070 g/mol. The second kappa shape index (κ2) is 51.6. The maximum absolute atomic E-state index is 13.1. The van der Waals surface area contributed by atoms with Crippen LogP contribution in [0.1, 0.15) is 201 Å². The molecular formula is C65H100O12. The number of rotatable bonds is 47. The molecule has 0 spiro atoms. The van der Waals surface area contributed by atoms with E-state index < -0.39 is 67.3 Å². The molecule has 12 heteroatoms. The third-order valence-corrected chi connectivity index (χ3v) is 12.3. The number of unbranched alkanes of at least 4 members (excludes halogenated alkanes) is 12. The molecule has 0 aromatic heterocycles. The molecule has 1 aliphatic rings. The van der Waals surface area contributed by atoms with Crippen molar-refractivity contribution in [1.82, 2.24) is 0 Å². The van der Waals surface area contributed by atoms with Crippen molar-refractivity contribution in [3.05, 3.63) is 134 Å². The number of carbonyl (C=O) groups is 4. The highest BCUT2D eigenvalue weighted by Gasteiger charge is 2.50. The van der Waals surface area contributed by atoms with Crippen molar-refractivity contribution in [2.45, 2.75) is 237 Å². The highest BCUT2D eigenvalue weighted by atomic mass is 16.7. The molecule has 0 aromatic carbocycles. The average molecular weight is 1070 g/mol. The number of aliphatic hydroxyl groups is 2. The number of hydrogen-bond donors (Lipinski definition) is 3. The van der Waals surface area contributed by atoms with Crippen LogP contribution in [0.3, 0.4) is 0 Å². The number of carbonyl (C=O) groups excluding carboxylic acids is 3. The largest absolute Gasteiger partial charge is 0.479 e. The van der Waals surface area contributed by atoms with E-state index in [1.807, 2.05) is 30.4 Å². The van der Waals surface area contributed by atoms with Crippen molar-refractivity contribution in [3.8, 4) is 0 Å². The summed E-state index contributed by atoms with van der Waals surface area (Å²) in [6.45, 7) is 5.63. The molecule has 77 heavy (non-hydrogen) atoms. The number of hydrogen-bond acceptors (Lipinski definition) is 11. The van der Waals surface area contributed by atoms with Gasteiger partial charge in [-0.05, 0) is 83.5 Å².